The van der Waals surface area contributed by atoms with Crippen molar-refractivity contribution >= 4 is 22.3 Å². The molecule has 1 aliphatic rings. The van der Waals surface area contributed by atoms with Gasteiger partial charge in [0.2, 0.25) is 0 Å². The molecule has 1 heterocycles. The summed E-state index contributed by atoms with van der Waals surface area (Å²) in [6.07, 6.45) is 3.24. The van der Waals surface area contributed by atoms with Crippen molar-refractivity contribution in [1.82, 2.24) is 4.98 Å². The van der Waals surface area contributed by atoms with Crippen LogP contribution in [0.2, 0.25) is 0 Å². The highest BCUT2D eigenvalue weighted by Crippen LogP contribution is 2.45. The van der Waals surface area contributed by atoms with E-state index in [-0.39, 0.29) is 28.9 Å². The van der Waals surface area contributed by atoms with Crippen LogP contribution in [0.25, 0.3) is 10.9 Å². The van der Waals surface area contributed by atoms with Crippen molar-refractivity contribution in [3.63, 3.8) is 0 Å². The smallest absolute Gasteiger partial charge is 0.281 e. The van der Waals surface area contributed by atoms with Crippen LogP contribution in [-0.2, 0) is 0 Å². The van der Waals surface area contributed by atoms with Crippen molar-refractivity contribution < 1.29 is 14.4 Å². The zero-order valence-electron chi connectivity index (χ0n) is 11.2. The number of aliphatic hydroxyl groups is 1. The first-order chi connectivity index (χ1) is 10.1. The van der Waals surface area contributed by atoms with Gasteiger partial charge in [0, 0.05) is 18.2 Å². The van der Waals surface area contributed by atoms with Crippen molar-refractivity contribution in [3.05, 3.63) is 40.3 Å². The fraction of sp³-hybridized carbons (Fsp3) is 0.357. The zero-order chi connectivity index (χ0) is 15.0. The standard InChI is InChI=1S/C14H14FN3O3/c15-10-6-11(18(20)21)9-2-1-5-16-12(9)13(10)17-7-14(8-19)3-4-14/h1-2,5-6,17,19H,3-4,7-8H2. The molecule has 0 saturated heterocycles. The molecule has 7 heteroatoms. The number of nitro groups is 1. The average Bonchev–Trinajstić information content (AvgIpc) is 3.26. The number of hydrogen-bond donors (Lipinski definition) is 2. The lowest BCUT2D eigenvalue weighted by atomic mass is 10.1. The number of aliphatic hydroxyl groups excluding tert-OH is 1. The largest absolute Gasteiger partial charge is 0.396 e. The van der Waals surface area contributed by atoms with E-state index in [0.717, 1.165) is 18.9 Å². The Hall–Kier alpha value is -2.28. The lowest BCUT2D eigenvalue weighted by Gasteiger charge is -2.15. The van der Waals surface area contributed by atoms with Crippen molar-refractivity contribution in [2.24, 2.45) is 5.41 Å². The predicted octanol–water partition coefficient (Wildman–Crippen LogP) is 2.47. The lowest BCUT2D eigenvalue weighted by Crippen LogP contribution is -2.20. The van der Waals surface area contributed by atoms with E-state index >= 15 is 0 Å². The lowest BCUT2D eigenvalue weighted by molar-refractivity contribution is -0.383. The quantitative estimate of drug-likeness (QED) is 0.652. The molecule has 0 bridgehead atoms. The summed E-state index contributed by atoms with van der Waals surface area (Å²) in [4.78, 5) is 14.5. The number of nitrogens with zero attached hydrogens (tertiary/aromatic N) is 2. The number of anilines is 1. The van der Waals surface area contributed by atoms with Crippen molar-refractivity contribution in [3.8, 4) is 0 Å². The van der Waals surface area contributed by atoms with Crippen molar-refractivity contribution in [1.29, 1.82) is 0 Å². The van der Waals surface area contributed by atoms with Gasteiger partial charge in [-0.3, -0.25) is 15.1 Å². The van der Waals surface area contributed by atoms with Gasteiger partial charge in [-0.2, -0.15) is 0 Å². The van der Waals surface area contributed by atoms with Crippen LogP contribution in [0.3, 0.4) is 0 Å². The molecule has 2 aromatic rings. The van der Waals surface area contributed by atoms with Gasteiger partial charge in [-0.25, -0.2) is 4.39 Å². The summed E-state index contributed by atoms with van der Waals surface area (Å²) in [7, 11) is 0. The minimum Gasteiger partial charge on any atom is -0.396 e. The fourth-order valence-corrected chi connectivity index (χ4v) is 2.36. The SMILES string of the molecule is O=[N+]([O-])c1cc(F)c(NCC2(CO)CC2)c2ncccc12. The van der Waals surface area contributed by atoms with Crippen LogP contribution >= 0.6 is 0 Å². The minimum atomic E-state index is -0.707. The van der Waals surface area contributed by atoms with Gasteiger partial charge in [-0.15, -0.1) is 0 Å². The molecule has 0 spiro atoms. The summed E-state index contributed by atoms with van der Waals surface area (Å²) < 4.78 is 14.2. The molecule has 1 aromatic carbocycles. The second-order valence-electron chi connectivity index (χ2n) is 5.42. The van der Waals surface area contributed by atoms with E-state index in [1.165, 1.54) is 6.20 Å². The fourth-order valence-electron chi connectivity index (χ4n) is 2.36. The highest BCUT2D eigenvalue weighted by molar-refractivity contribution is 5.97. The third-order valence-electron chi connectivity index (χ3n) is 3.95. The zero-order valence-corrected chi connectivity index (χ0v) is 11.2. The Morgan fingerprint density at radius 1 is 1.52 bits per heavy atom. The predicted molar refractivity (Wildman–Crippen MR) is 75.6 cm³/mol. The number of aromatic nitrogens is 1. The Balaban J connectivity index is 2.04. The van der Waals surface area contributed by atoms with Gasteiger partial charge < -0.3 is 10.4 Å². The number of hydrogen-bond acceptors (Lipinski definition) is 5. The molecule has 110 valence electrons. The van der Waals surface area contributed by atoms with Gasteiger partial charge in [-0.05, 0) is 25.0 Å². The topological polar surface area (TPSA) is 88.3 Å². The molecule has 0 radical (unpaired) electrons. The van der Waals surface area contributed by atoms with Crippen LogP contribution in [0, 0.1) is 21.3 Å². The number of non-ortho nitro benzene ring substituents is 1. The summed E-state index contributed by atoms with van der Waals surface area (Å²) in [6, 6.07) is 4.03. The number of fused-ring (bicyclic) bond motifs is 1. The summed E-state index contributed by atoms with van der Waals surface area (Å²) in [5.74, 6) is -0.707. The number of nitro benzene ring substituents is 1. The van der Waals surface area contributed by atoms with Gasteiger partial charge in [0.25, 0.3) is 5.69 Å². The molecular formula is C14H14FN3O3. The van der Waals surface area contributed by atoms with Crippen LogP contribution in [-0.4, -0.2) is 28.2 Å². The Morgan fingerprint density at radius 2 is 2.29 bits per heavy atom. The minimum absolute atomic E-state index is 0.0416. The van der Waals surface area contributed by atoms with E-state index in [9.17, 15) is 19.6 Å². The van der Waals surface area contributed by atoms with Crippen molar-refractivity contribution in [2.45, 2.75) is 12.8 Å². The maximum Gasteiger partial charge on any atom is 0.281 e. The van der Waals surface area contributed by atoms with E-state index in [1.807, 2.05) is 0 Å². The summed E-state index contributed by atoms with van der Waals surface area (Å²) in [5.41, 5.74) is -0.117. The molecule has 6 nitrogen and oxygen atoms in total. The average molecular weight is 291 g/mol. The molecule has 0 unspecified atom stereocenters. The van der Waals surface area contributed by atoms with Gasteiger partial charge in [0.1, 0.15) is 5.52 Å². The maximum atomic E-state index is 14.2. The number of pyridine rings is 1. The first-order valence-electron chi connectivity index (χ1n) is 6.63. The number of benzene rings is 1. The Kier molecular flexibility index (Phi) is 3.21. The van der Waals surface area contributed by atoms with Crippen LogP contribution in [0.15, 0.2) is 24.4 Å². The highest BCUT2D eigenvalue weighted by Gasteiger charge is 2.42. The molecule has 0 amide bonds. The first kappa shape index (κ1) is 13.7. The van der Waals surface area contributed by atoms with Gasteiger partial charge in [-0.1, -0.05) is 0 Å². The van der Waals surface area contributed by atoms with Crippen LogP contribution in [0.4, 0.5) is 15.8 Å². The normalized spacial score (nSPS) is 15.9. The molecular weight excluding hydrogens is 277 g/mol. The number of rotatable bonds is 5. The maximum absolute atomic E-state index is 14.2. The van der Waals surface area contributed by atoms with Crippen molar-refractivity contribution in [2.75, 3.05) is 18.5 Å². The molecule has 1 aromatic heterocycles. The third-order valence-corrected chi connectivity index (χ3v) is 3.95. The molecule has 2 N–H and O–H groups in total. The Labute approximate surface area is 119 Å². The Morgan fingerprint density at radius 3 is 2.90 bits per heavy atom. The summed E-state index contributed by atoms with van der Waals surface area (Å²) in [5, 5.41) is 23.6. The molecule has 3 rings (SSSR count). The monoisotopic (exact) mass is 291 g/mol. The van der Waals surface area contributed by atoms with Crippen LogP contribution in [0.1, 0.15) is 12.8 Å². The highest BCUT2D eigenvalue weighted by atomic mass is 19.1. The second-order valence-corrected chi connectivity index (χ2v) is 5.42. The third kappa shape index (κ3) is 2.40. The van der Waals surface area contributed by atoms with Gasteiger partial charge >= 0.3 is 0 Å². The molecule has 1 fully saturated rings. The Bertz CT molecular complexity index is 716. The van der Waals surface area contributed by atoms with E-state index in [0.29, 0.717) is 11.9 Å². The molecule has 1 aliphatic carbocycles. The molecule has 21 heavy (non-hydrogen) atoms. The van der Waals surface area contributed by atoms with Gasteiger partial charge in [0.05, 0.1) is 28.7 Å². The molecule has 0 aliphatic heterocycles. The molecule has 1 saturated carbocycles. The van der Waals surface area contributed by atoms with E-state index < -0.39 is 10.7 Å². The van der Waals surface area contributed by atoms with Gasteiger partial charge in [0.15, 0.2) is 5.82 Å². The van der Waals surface area contributed by atoms with Crippen LogP contribution < -0.4 is 5.32 Å². The second kappa shape index (κ2) is 4.92. The van der Waals surface area contributed by atoms with E-state index in [2.05, 4.69) is 10.3 Å². The van der Waals surface area contributed by atoms with E-state index in [1.54, 1.807) is 12.1 Å². The number of halogens is 1. The number of nitrogens with one attached hydrogen (secondary N) is 1. The van der Waals surface area contributed by atoms with E-state index in [4.69, 9.17) is 0 Å². The first-order valence-corrected chi connectivity index (χ1v) is 6.63. The summed E-state index contributed by atoms with van der Waals surface area (Å²) >= 11 is 0. The van der Waals surface area contributed by atoms with Crippen LogP contribution in [0.5, 0.6) is 0 Å². The molecule has 0 atom stereocenters. The summed E-state index contributed by atoms with van der Waals surface area (Å²) in [6.45, 7) is 0.462.